The molecule has 0 unspecified atom stereocenters. The van der Waals surface area contributed by atoms with Crippen molar-refractivity contribution in [1.29, 1.82) is 5.26 Å². The van der Waals surface area contributed by atoms with E-state index in [0.717, 1.165) is 120 Å². The number of hydrogen-bond donors (Lipinski definition) is 0. The fourth-order valence-electron chi connectivity index (χ4n) is 7.92. The van der Waals surface area contributed by atoms with E-state index >= 15 is 0 Å². The number of hydrogen-bond acceptors (Lipinski definition) is 7. The lowest BCUT2D eigenvalue weighted by molar-refractivity contribution is 0.309. The molecule has 8 heteroatoms. The highest BCUT2D eigenvalue weighted by Gasteiger charge is 2.16. The first-order chi connectivity index (χ1) is 35.4. The summed E-state index contributed by atoms with van der Waals surface area (Å²) in [6.07, 6.45) is 16.2. The number of ether oxygens (including phenoxy) is 4. The van der Waals surface area contributed by atoms with Crippen molar-refractivity contribution in [1.82, 2.24) is 0 Å². The topological polar surface area (TPSA) is 71.6 Å². The van der Waals surface area contributed by atoms with Gasteiger partial charge in [0.2, 0.25) is 0 Å². The lowest BCUT2D eigenvalue weighted by atomic mass is 10.0. The Morgan fingerprint density at radius 3 is 0.986 bits per heavy atom. The first kappa shape index (κ1) is 51.6. The largest absolute Gasteiger partial charge is 0.494 e. The molecule has 0 fully saturated rings. The van der Waals surface area contributed by atoms with Gasteiger partial charge in [-0.15, -0.1) is 0 Å². The van der Waals surface area contributed by atoms with E-state index in [1.807, 2.05) is 72.8 Å². The first-order valence-electron chi connectivity index (χ1n) is 25.5. The van der Waals surface area contributed by atoms with Gasteiger partial charge in [0.25, 0.3) is 0 Å². The SMILES string of the molecule is [C-]#[N+]c1cc(/C=C/c2ccc(N(c3ccc(OCCCC)cc3)c3ccc(OCCCC)cc3)cc2)c(C#N)cc1/C=C/c1ccc(N(c2ccc(OCCCC)cc2)c2ccc(OCCCC)cc2)cc1. The van der Waals surface area contributed by atoms with Crippen LogP contribution in [0.25, 0.3) is 29.1 Å². The number of nitrogens with zero attached hydrogens (tertiary/aromatic N) is 4. The van der Waals surface area contributed by atoms with Gasteiger partial charge in [-0.3, -0.25) is 0 Å². The Hall–Kier alpha value is -8.20. The van der Waals surface area contributed by atoms with Gasteiger partial charge in [0.05, 0.1) is 44.6 Å². The van der Waals surface area contributed by atoms with E-state index in [-0.39, 0.29) is 0 Å². The van der Waals surface area contributed by atoms with Gasteiger partial charge in [0.1, 0.15) is 23.0 Å². The molecule has 0 aliphatic heterocycles. The lowest BCUT2D eigenvalue weighted by Gasteiger charge is -2.26. The van der Waals surface area contributed by atoms with Crippen LogP contribution in [0.15, 0.2) is 158 Å². The van der Waals surface area contributed by atoms with Crippen molar-refractivity contribution in [3.63, 3.8) is 0 Å². The van der Waals surface area contributed by atoms with Crippen molar-refractivity contribution in [2.75, 3.05) is 36.2 Å². The molecule has 7 aromatic carbocycles. The Labute approximate surface area is 427 Å². The van der Waals surface area contributed by atoms with Gasteiger partial charge >= 0.3 is 0 Å². The number of unbranched alkanes of at least 4 members (excludes halogenated alkanes) is 4. The zero-order chi connectivity index (χ0) is 50.3. The minimum atomic E-state index is 0.464. The van der Waals surface area contributed by atoms with E-state index in [9.17, 15) is 5.26 Å². The lowest BCUT2D eigenvalue weighted by Crippen LogP contribution is -2.10. The summed E-state index contributed by atoms with van der Waals surface area (Å²) in [6.45, 7) is 19.5. The number of nitriles is 1. The fraction of sp³-hybridized carbons (Fsp3) is 0.250. The van der Waals surface area contributed by atoms with E-state index in [4.69, 9.17) is 25.5 Å². The van der Waals surface area contributed by atoms with E-state index in [0.29, 0.717) is 48.8 Å². The summed E-state index contributed by atoms with van der Waals surface area (Å²) in [4.78, 5) is 8.30. The molecule has 0 amide bonds. The summed E-state index contributed by atoms with van der Waals surface area (Å²) < 4.78 is 23.9. The minimum absolute atomic E-state index is 0.464. The maximum atomic E-state index is 10.3. The van der Waals surface area contributed by atoms with Crippen LogP contribution >= 0.6 is 0 Å². The molecule has 0 radical (unpaired) electrons. The van der Waals surface area contributed by atoms with Crippen molar-refractivity contribution < 1.29 is 18.9 Å². The smallest absolute Gasteiger partial charge is 0.194 e. The molecule has 0 aliphatic rings. The highest BCUT2D eigenvalue weighted by Crippen LogP contribution is 2.39. The Morgan fingerprint density at radius 1 is 0.417 bits per heavy atom. The summed E-state index contributed by atoms with van der Waals surface area (Å²) in [7, 11) is 0. The van der Waals surface area contributed by atoms with Crippen molar-refractivity contribution in [3.8, 4) is 29.1 Å². The van der Waals surface area contributed by atoms with E-state index in [1.165, 1.54) is 0 Å². The third-order valence-corrected chi connectivity index (χ3v) is 12.1. The third-order valence-electron chi connectivity index (χ3n) is 12.1. The van der Waals surface area contributed by atoms with Gasteiger partial charge in [0, 0.05) is 34.1 Å². The highest BCUT2D eigenvalue weighted by molar-refractivity contribution is 5.84. The molecule has 0 bridgehead atoms. The van der Waals surface area contributed by atoms with Crippen LogP contribution in [0.4, 0.5) is 39.8 Å². The number of rotatable bonds is 26. The Morgan fingerprint density at radius 2 is 0.708 bits per heavy atom. The zero-order valence-corrected chi connectivity index (χ0v) is 42.2. The maximum Gasteiger partial charge on any atom is 0.194 e. The molecule has 0 aliphatic carbocycles. The van der Waals surface area contributed by atoms with Crippen LogP contribution in [0, 0.1) is 17.9 Å². The zero-order valence-electron chi connectivity index (χ0n) is 42.2. The van der Waals surface area contributed by atoms with Gasteiger partial charge < -0.3 is 28.7 Å². The normalized spacial score (nSPS) is 11.0. The van der Waals surface area contributed by atoms with Gasteiger partial charge in [-0.25, -0.2) is 4.85 Å². The van der Waals surface area contributed by atoms with Crippen molar-refractivity contribution in [3.05, 3.63) is 197 Å². The second-order valence-electron chi connectivity index (χ2n) is 17.5. The van der Waals surface area contributed by atoms with Crippen LogP contribution < -0.4 is 28.7 Å². The van der Waals surface area contributed by atoms with Crippen LogP contribution in [0.5, 0.6) is 23.0 Å². The summed E-state index contributed by atoms with van der Waals surface area (Å²) in [5.74, 6) is 3.39. The minimum Gasteiger partial charge on any atom is -0.494 e. The highest BCUT2D eigenvalue weighted by atomic mass is 16.5. The molecule has 0 aromatic heterocycles. The summed E-state index contributed by atoms with van der Waals surface area (Å²) in [5, 5.41) is 10.3. The average Bonchev–Trinajstić information content (AvgIpc) is 3.42. The fourth-order valence-corrected chi connectivity index (χ4v) is 7.92. The van der Waals surface area contributed by atoms with Crippen LogP contribution in [-0.4, -0.2) is 26.4 Å². The molecule has 7 rings (SSSR count). The van der Waals surface area contributed by atoms with Crippen LogP contribution in [0.1, 0.15) is 107 Å². The van der Waals surface area contributed by atoms with E-state index < -0.39 is 0 Å². The molecular weight excluding hydrogens is 889 g/mol. The molecule has 0 spiro atoms. The standard InChI is InChI=1S/C64H66N4O4/c1-6-10-42-69-60-34-26-56(27-35-60)67(57-28-36-61(37-29-57)70-43-11-7-2)54-22-16-49(17-23-54)14-20-51-47-64(66-5)52(46-53(51)48-65)21-15-50-18-24-55(25-19-50)68(58-30-38-62(39-31-58)71-44-12-8-3)59-32-40-63(41-33-59)72-45-13-9-4/h14-41,46-47H,6-13,42-45H2,1-4H3/b20-14+,21-15+. The molecule has 0 N–H and O–H groups in total. The summed E-state index contributed by atoms with van der Waals surface area (Å²) in [6, 6.07) is 55.4. The van der Waals surface area contributed by atoms with Gasteiger partial charge in [-0.05, 0) is 181 Å². The molecule has 8 nitrogen and oxygen atoms in total. The van der Waals surface area contributed by atoms with Crippen LogP contribution in [0.3, 0.4) is 0 Å². The molecular formula is C64H66N4O4. The Balaban J connectivity index is 1.08. The third kappa shape index (κ3) is 14.4. The summed E-state index contributed by atoms with van der Waals surface area (Å²) >= 11 is 0. The molecule has 72 heavy (non-hydrogen) atoms. The molecule has 0 heterocycles. The molecule has 0 saturated carbocycles. The predicted molar refractivity (Wildman–Crippen MR) is 299 cm³/mol. The van der Waals surface area contributed by atoms with Crippen molar-refractivity contribution in [2.45, 2.75) is 79.1 Å². The summed E-state index contributed by atoms with van der Waals surface area (Å²) in [5.41, 5.74) is 10.2. The molecule has 366 valence electrons. The van der Waals surface area contributed by atoms with Gasteiger partial charge in [-0.2, -0.15) is 5.26 Å². The maximum absolute atomic E-state index is 10.3. The van der Waals surface area contributed by atoms with E-state index in [1.54, 1.807) is 12.1 Å². The number of benzene rings is 7. The molecule has 0 atom stereocenters. The van der Waals surface area contributed by atoms with Gasteiger partial charge in [0.15, 0.2) is 5.69 Å². The monoisotopic (exact) mass is 955 g/mol. The second-order valence-corrected chi connectivity index (χ2v) is 17.5. The van der Waals surface area contributed by atoms with Crippen LogP contribution in [0.2, 0.25) is 0 Å². The Bertz CT molecular complexity index is 2590. The van der Waals surface area contributed by atoms with Crippen LogP contribution in [-0.2, 0) is 0 Å². The second kappa shape index (κ2) is 27.3. The van der Waals surface area contributed by atoms with Crippen molar-refractivity contribution >= 4 is 64.1 Å². The quantitative estimate of drug-likeness (QED) is 0.0304. The predicted octanol–water partition coefficient (Wildman–Crippen LogP) is 18.1. The Kier molecular flexibility index (Phi) is 19.6. The average molecular weight is 955 g/mol. The molecule has 7 aromatic rings. The van der Waals surface area contributed by atoms with E-state index in [2.05, 4.69) is 145 Å². The number of anilines is 6. The van der Waals surface area contributed by atoms with Crippen molar-refractivity contribution in [2.24, 2.45) is 0 Å². The van der Waals surface area contributed by atoms with Gasteiger partial charge in [-0.1, -0.05) is 102 Å². The first-order valence-corrected chi connectivity index (χ1v) is 25.5. The molecule has 0 saturated heterocycles.